The Labute approximate surface area is 143 Å². The Bertz CT molecular complexity index is 894. The van der Waals surface area contributed by atoms with Gasteiger partial charge in [0.25, 0.3) is 0 Å². The Kier molecular flexibility index (Phi) is 3.81. The molecule has 0 radical (unpaired) electrons. The topological polar surface area (TPSA) is 37.0 Å². The summed E-state index contributed by atoms with van der Waals surface area (Å²) in [6.45, 7) is 5.27. The number of ether oxygens (including phenoxy) is 1. The number of fused-ring (bicyclic) bond motifs is 3. The van der Waals surface area contributed by atoms with Crippen molar-refractivity contribution in [3.8, 4) is 5.75 Å². The molecule has 0 spiro atoms. The number of aromatic amines is 1. The van der Waals surface area contributed by atoms with Crippen LogP contribution in [0.5, 0.6) is 5.75 Å². The molecular formula is C21H24N2O. The van der Waals surface area contributed by atoms with Gasteiger partial charge in [0.05, 0.1) is 13.2 Å². The number of benzene rings is 2. The fourth-order valence-electron chi connectivity index (χ4n) is 3.82. The highest BCUT2D eigenvalue weighted by molar-refractivity contribution is 5.85. The van der Waals surface area contributed by atoms with Crippen molar-refractivity contribution >= 4 is 10.9 Å². The second-order valence-corrected chi connectivity index (χ2v) is 6.83. The average molecular weight is 320 g/mol. The molecule has 3 aromatic rings. The number of aromatic nitrogens is 1. The molecule has 0 bridgehead atoms. The van der Waals surface area contributed by atoms with Crippen LogP contribution in [0.4, 0.5) is 0 Å². The van der Waals surface area contributed by atoms with Crippen molar-refractivity contribution in [3.05, 3.63) is 64.3 Å². The molecular weight excluding hydrogens is 296 g/mol. The molecule has 3 nitrogen and oxygen atoms in total. The number of hydrogen-bond acceptors (Lipinski definition) is 2. The van der Waals surface area contributed by atoms with Crippen molar-refractivity contribution in [1.82, 2.24) is 10.3 Å². The van der Waals surface area contributed by atoms with Gasteiger partial charge in [-0.3, -0.25) is 0 Å². The molecule has 1 aliphatic rings. The highest BCUT2D eigenvalue weighted by atomic mass is 16.5. The molecule has 124 valence electrons. The molecule has 3 heteroatoms. The maximum absolute atomic E-state index is 5.48. The second kappa shape index (κ2) is 5.99. The number of hydrogen-bond donors (Lipinski definition) is 2. The van der Waals surface area contributed by atoms with Gasteiger partial charge in [0.1, 0.15) is 5.75 Å². The number of aryl methyl sites for hydroxylation is 2. The number of H-pyrrole nitrogens is 1. The summed E-state index contributed by atoms with van der Waals surface area (Å²) in [5, 5.41) is 5.07. The minimum absolute atomic E-state index is 0.328. The van der Waals surface area contributed by atoms with Crippen LogP contribution in [0.15, 0.2) is 36.4 Å². The number of rotatable bonds is 3. The normalized spacial score (nSPS) is 17.0. The Morgan fingerprint density at radius 3 is 2.83 bits per heavy atom. The van der Waals surface area contributed by atoms with Gasteiger partial charge in [-0.15, -0.1) is 0 Å². The van der Waals surface area contributed by atoms with Crippen molar-refractivity contribution in [1.29, 1.82) is 0 Å². The Morgan fingerprint density at radius 2 is 2.00 bits per heavy atom. The molecule has 0 fully saturated rings. The molecule has 24 heavy (non-hydrogen) atoms. The zero-order valence-corrected chi connectivity index (χ0v) is 14.6. The van der Waals surface area contributed by atoms with E-state index in [-0.39, 0.29) is 0 Å². The molecule has 1 aromatic heterocycles. The van der Waals surface area contributed by atoms with E-state index in [2.05, 4.69) is 60.5 Å². The molecule has 0 aliphatic carbocycles. The van der Waals surface area contributed by atoms with E-state index >= 15 is 0 Å². The first-order chi connectivity index (χ1) is 11.7. The first-order valence-electron chi connectivity index (χ1n) is 8.63. The van der Waals surface area contributed by atoms with E-state index < -0.39 is 0 Å². The summed E-state index contributed by atoms with van der Waals surface area (Å²) in [5.74, 6) is 0.968. The lowest BCUT2D eigenvalue weighted by Gasteiger charge is -2.25. The van der Waals surface area contributed by atoms with Crippen LogP contribution >= 0.6 is 0 Å². The van der Waals surface area contributed by atoms with Crippen LogP contribution < -0.4 is 10.1 Å². The summed E-state index contributed by atoms with van der Waals surface area (Å²) < 4.78 is 5.48. The van der Waals surface area contributed by atoms with E-state index in [9.17, 15) is 0 Å². The van der Waals surface area contributed by atoms with Crippen LogP contribution in [-0.4, -0.2) is 18.6 Å². The van der Waals surface area contributed by atoms with Crippen LogP contribution in [0.2, 0.25) is 0 Å². The zero-order valence-electron chi connectivity index (χ0n) is 14.6. The summed E-state index contributed by atoms with van der Waals surface area (Å²) >= 11 is 0. The van der Waals surface area contributed by atoms with E-state index in [0.717, 1.165) is 25.1 Å². The molecule has 2 N–H and O–H groups in total. The first kappa shape index (κ1) is 15.3. The van der Waals surface area contributed by atoms with E-state index in [1.807, 2.05) is 0 Å². The molecule has 0 saturated heterocycles. The van der Waals surface area contributed by atoms with Gasteiger partial charge in [0, 0.05) is 16.6 Å². The Balaban J connectivity index is 1.70. The van der Waals surface area contributed by atoms with Crippen LogP contribution in [0, 0.1) is 13.8 Å². The lowest BCUT2D eigenvalue weighted by atomic mass is 9.94. The number of methoxy groups -OCH3 is 1. The molecule has 1 unspecified atom stereocenters. The predicted molar refractivity (Wildman–Crippen MR) is 98.9 cm³/mol. The first-order valence-corrected chi connectivity index (χ1v) is 8.63. The third-order valence-corrected chi connectivity index (χ3v) is 5.12. The van der Waals surface area contributed by atoms with Gasteiger partial charge in [-0.2, -0.15) is 0 Å². The monoisotopic (exact) mass is 320 g/mol. The lowest BCUT2D eigenvalue weighted by Crippen LogP contribution is -2.31. The Morgan fingerprint density at radius 1 is 1.12 bits per heavy atom. The maximum Gasteiger partial charge on any atom is 0.122 e. The molecule has 2 heterocycles. The molecule has 1 aliphatic heterocycles. The second-order valence-electron chi connectivity index (χ2n) is 6.83. The largest absolute Gasteiger partial charge is 0.496 e. The minimum atomic E-state index is 0.328. The summed E-state index contributed by atoms with van der Waals surface area (Å²) in [6.07, 6.45) is 2.06. The van der Waals surface area contributed by atoms with Gasteiger partial charge in [-0.1, -0.05) is 23.8 Å². The standard InChI is InChI=1S/C21H24N2O/c1-13-4-7-18-17(10-13)16-8-9-22-19(21(16)23-18)11-15-6-5-14(2)20(12-15)24-3/h4-7,10,12,19,22-23H,8-9,11H2,1-3H3. The summed E-state index contributed by atoms with van der Waals surface area (Å²) in [5.41, 5.74) is 7.89. The summed E-state index contributed by atoms with van der Waals surface area (Å²) in [4.78, 5) is 3.66. The molecule has 4 rings (SSSR count). The minimum Gasteiger partial charge on any atom is -0.496 e. The highest BCUT2D eigenvalue weighted by Gasteiger charge is 2.24. The van der Waals surface area contributed by atoms with Gasteiger partial charge in [-0.25, -0.2) is 0 Å². The van der Waals surface area contributed by atoms with Crippen LogP contribution in [-0.2, 0) is 12.8 Å². The molecule has 1 atom stereocenters. The zero-order chi connectivity index (χ0) is 16.7. The molecule has 0 amide bonds. The lowest BCUT2D eigenvalue weighted by molar-refractivity contribution is 0.410. The third kappa shape index (κ3) is 2.59. The summed E-state index contributed by atoms with van der Waals surface area (Å²) in [6, 6.07) is 13.5. The SMILES string of the molecule is COc1cc(CC2NCCc3c2[nH]c2ccc(C)cc32)ccc1C. The molecule has 0 saturated carbocycles. The van der Waals surface area contributed by atoms with Crippen LogP contribution in [0.25, 0.3) is 10.9 Å². The van der Waals surface area contributed by atoms with E-state index in [1.165, 1.54) is 38.9 Å². The van der Waals surface area contributed by atoms with Crippen molar-refractivity contribution in [2.75, 3.05) is 13.7 Å². The van der Waals surface area contributed by atoms with Gasteiger partial charge in [-0.05, 0) is 68.1 Å². The van der Waals surface area contributed by atoms with E-state index in [0.29, 0.717) is 6.04 Å². The van der Waals surface area contributed by atoms with Gasteiger partial charge >= 0.3 is 0 Å². The van der Waals surface area contributed by atoms with Crippen molar-refractivity contribution in [3.63, 3.8) is 0 Å². The van der Waals surface area contributed by atoms with Gasteiger partial charge in [0.2, 0.25) is 0 Å². The summed E-state index contributed by atoms with van der Waals surface area (Å²) in [7, 11) is 1.74. The van der Waals surface area contributed by atoms with Crippen molar-refractivity contribution in [2.45, 2.75) is 32.7 Å². The fraction of sp³-hybridized carbons (Fsp3) is 0.333. The number of nitrogens with one attached hydrogen (secondary N) is 2. The predicted octanol–water partition coefficient (Wildman–Crippen LogP) is 4.22. The van der Waals surface area contributed by atoms with E-state index in [4.69, 9.17) is 4.74 Å². The van der Waals surface area contributed by atoms with Gasteiger partial charge < -0.3 is 15.0 Å². The van der Waals surface area contributed by atoms with Crippen LogP contribution in [0.1, 0.15) is 34.0 Å². The fourth-order valence-corrected chi connectivity index (χ4v) is 3.82. The highest BCUT2D eigenvalue weighted by Crippen LogP contribution is 2.33. The van der Waals surface area contributed by atoms with Crippen molar-refractivity contribution in [2.24, 2.45) is 0 Å². The maximum atomic E-state index is 5.48. The van der Waals surface area contributed by atoms with E-state index in [1.54, 1.807) is 7.11 Å². The average Bonchev–Trinajstić information content (AvgIpc) is 2.95. The Hall–Kier alpha value is -2.26. The third-order valence-electron chi connectivity index (χ3n) is 5.12. The quantitative estimate of drug-likeness (QED) is 0.758. The smallest absolute Gasteiger partial charge is 0.122 e. The van der Waals surface area contributed by atoms with Crippen molar-refractivity contribution < 1.29 is 4.74 Å². The van der Waals surface area contributed by atoms with Gasteiger partial charge in [0.15, 0.2) is 0 Å². The van der Waals surface area contributed by atoms with Crippen LogP contribution in [0.3, 0.4) is 0 Å². The molecule has 2 aromatic carbocycles.